The summed E-state index contributed by atoms with van der Waals surface area (Å²) >= 11 is 1.72. The van der Waals surface area contributed by atoms with E-state index in [1.807, 2.05) is 38.1 Å². The van der Waals surface area contributed by atoms with E-state index in [4.69, 9.17) is 4.52 Å². The van der Waals surface area contributed by atoms with Gasteiger partial charge >= 0.3 is 0 Å². The van der Waals surface area contributed by atoms with Crippen molar-refractivity contribution in [2.24, 2.45) is 5.92 Å². The summed E-state index contributed by atoms with van der Waals surface area (Å²) in [4.78, 5) is 21.2. The van der Waals surface area contributed by atoms with Gasteiger partial charge in [0.1, 0.15) is 0 Å². The van der Waals surface area contributed by atoms with Crippen LogP contribution in [-0.2, 0) is 16.6 Å². The summed E-state index contributed by atoms with van der Waals surface area (Å²) in [7, 11) is -1.90. The van der Waals surface area contributed by atoms with Gasteiger partial charge in [-0.3, -0.25) is 4.79 Å². The lowest BCUT2D eigenvalue weighted by atomic mass is 10.1. The molecule has 2 N–H and O–H groups in total. The first kappa shape index (κ1) is 37.5. The van der Waals surface area contributed by atoms with E-state index >= 15 is 0 Å². The summed E-state index contributed by atoms with van der Waals surface area (Å²) in [6, 6.07) is 20.9. The van der Waals surface area contributed by atoms with E-state index in [-0.39, 0.29) is 16.4 Å². The van der Waals surface area contributed by atoms with Crippen LogP contribution in [0.2, 0.25) is 0 Å². The number of nitrogens with zero attached hydrogens (tertiary/aromatic N) is 3. The normalized spacial score (nSPS) is 12.8. The van der Waals surface area contributed by atoms with Gasteiger partial charge in [-0.1, -0.05) is 69.3 Å². The van der Waals surface area contributed by atoms with E-state index in [1.54, 1.807) is 54.3 Å². The van der Waals surface area contributed by atoms with Gasteiger partial charge in [0, 0.05) is 41.7 Å². The van der Waals surface area contributed by atoms with Crippen molar-refractivity contribution in [2.45, 2.75) is 64.8 Å². The Labute approximate surface area is 295 Å². The Morgan fingerprint density at radius 1 is 1.02 bits per heavy atom. The average Bonchev–Trinajstić information content (AvgIpc) is 3.44. The number of carbonyl (C=O) groups is 1. The Morgan fingerprint density at radius 2 is 1.82 bits per heavy atom. The second-order valence-corrected chi connectivity index (χ2v) is 14.4. The highest BCUT2D eigenvalue weighted by Gasteiger charge is 2.21. The van der Waals surface area contributed by atoms with Crippen molar-refractivity contribution in [1.29, 1.82) is 0 Å². The molecule has 11 heteroatoms. The first-order chi connectivity index (χ1) is 23.6. The number of hydrogen-bond donors (Lipinski definition) is 2. The fourth-order valence-electron chi connectivity index (χ4n) is 5.20. The highest BCUT2D eigenvalue weighted by Crippen LogP contribution is 2.33. The zero-order valence-corrected chi connectivity index (χ0v) is 30.8. The second-order valence-electron chi connectivity index (χ2n) is 11.9. The minimum Gasteiger partial charge on any atom is -0.379 e. The van der Waals surface area contributed by atoms with Crippen LogP contribution in [0.3, 0.4) is 0 Å². The molecule has 1 aliphatic rings. The minimum atomic E-state index is -4.00. The zero-order valence-electron chi connectivity index (χ0n) is 29.2. The smallest absolute Gasteiger partial charge is 0.265 e. The second kappa shape index (κ2) is 17.9. The molecule has 1 amide bonds. The van der Waals surface area contributed by atoms with Gasteiger partial charge in [-0.2, -0.15) is 4.98 Å². The minimum absolute atomic E-state index is 0.0977. The third-order valence-corrected chi connectivity index (χ3v) is 10.1. The number of rotatable bonds is 13. The van der Waals surface area contributed by atoms with E-state index in [9.17, 15) is 13.2 Å². The third-order valence-electron chi connectivity index (χ3n) is 7.91. The van der Waals surface area contributed by atoms with Crippen LogP contribution in [0.15, 0.2) is 99.3 Å². The molecule has 0 aliphatic heterocycles. The number of hydrogen-bond acceptors (Lipinski definition) is 9. The van der Waals surface area contributed by atoms with Crippen molar-refractivity contribution in [3.63, 3.8) is 0 Å². The summed E-state index contributed by atoms with van der Waals surface area (Å²) in [5.74, 6) is 0.465. The monoisotopic (exact) mass is 701 g/mol. The molecule has 0 unspecified atom stereocenters. The number of anilines is 2. The van der Waals surface area contributed by atoms with Gasteiger partial charge < -0.3 is 14.7 Å². The largest absolute Gasteiger partial charge is 0.379 e. The van der Waals surface area contributed by atoms with E-state index < -0.39 is 15.9 Å². The number of thioether (sulfide) groups is 1. The third kappa shape index (κ3) is 10.1. The first-order valence-electron chi connectivity index (χ1n) is 16.7. The van der Waals surface area contributed by atoms with Gasteiger partial charge in [0.05, 0.1) is 16.3 Å². The Hall–Kier alpha value is -4.35. The summed E-state index contributed by atoms with van der Waals surface area (Å²) in [6.45, 7) is 10.0. The SMILES string of the molecule is CC.CSc1ccccc1CNc1cc(-c2noc(-c3cccc(C(=O)NS(=O)(=O)C4=CCCCC=C4)c3)n2)ccc1N(C)CCC(C)C. The zero-order chi connectivity index (χ0) is 35.4. The van der Waals surface area contributed by atoms with Crippen molar-refractivity contribution in [1.82, 2.24) is 14.9 Å². The molecule has 1 heterocycles. The van der Waals surface area contributed by atoms with Gasteiger partial charge in [0.15, 0.2) is 0 Å². The molecule has 0 radical (unpaired) electrons. The predicted molar refractivity (Wildman–Crippen MR) is 202 cm³/mol. The lowest BCUT2D eigenvalue weighted by Gasteiger charge is -2.24. The molecular weight excluding hydrogens is 655 g/mol. The maximum absolute atomic E-state index is 13.0. The van der Waals surface area contributed by atoms with Crippen molar-refractivity contribution >= 4 is 39.1 Å². The summed E-state index contributed by atoms with van der Waals surface area (Å²) < 4.78 is 33.5. The molecule has 4 aromatic rings. The fraction of sp³-hybridized carbons (Fsp3) is 0.342. The van der Waals surface area contributed by atoms with Crippen LogP contribution in [-0.4, -0.2) is 44.3 Å². The van der Waals surface area contributed by atoms with Crippen LogP contribution in [0.5, 0.6) is 0 Å². The molecule has 0 bridgehead atoms. The van der Waals surface area contributed by atoms with E-state index in [0.29, 0.717) is 30.3 Å². The number of aromatic nitrogens is 2. The number of nitrogens with one attached hydrogen (secondary N) is 2. The van der Waals surface area contributed by atoms with Crippen molar-refractivity contribution < 1.29 is 17.7 Å². The van der Waals surface area contributed by atoms with Crippen LogP contribution < -0.4 is 14.9 Å². The van der Waals surface area contributed by atoms with E-state index in [0.717, 1.165) is 42.7 Å². The molecule has 1 aromatic heterocycles. The Balaban J connectivity index is 0.00000265. The van der Waals surface area contributed by atoms with Crippen molar-refractivity contribution in [3.8, 4) is 22.8 Å². The predicted octanol–water partition coefficient (Wildman–Crippen LogP) is 8.93. The summed E-state index contributed by atoms with van der Waals surface area (Å²) in [5, 5.41) is 7.89. The van der Waals surface area contributed by atoms with Gasteiger partial charge in [0.2, 0.25) is 5.82 Å². The molecule has 0 fully saturated rings. The lowest BCUT2D eigenvalue weighted by Crippen LogP contribution is -2.31. The maximum atomic E-state index is 13.0. The van der Waals surface area contributed by atoms with Gasteiger partial charge in [-0.25, -0.2) is 13.1 Å². The van der Waals surface area contributed by atoms with Gasteiger partial charge in [0.25, 0.3) is 21.8 Å². The Morgan fingerprint density at radius 3 is 2.59 bits per heavy atom. The molecule has 0 atom stereocenters. The van der Waals surface area contributed by atoms with E-state index in [1.165, 1.54) is 10.5 Å². The van der Waals surface area contributed by atoms with E-state index in [2.05, 4.69) is 70.4 Å². The van der Waals surface area contributed by atoms with Crippen LogP contribution >= 0.6 is 11.8 Å². The number of benzene rings is 3. The molecule has 0 saturated heterocycles. The highest BCUT2D eigenvalue weighted by molar-refractivity contribution is 7.98. The van der Waals surface area contributed by atoms with Crippen LogP contribution in [0.1, 0.15) is 69.3 Å². The number of carbonyl (C=O) groups excluding carboxylic acids is 1. The van der Waals surface area contributed by atoms with Crippen molar-refractivity contribution in [3.05, 3.63) is 101 Å². The van der Waals surface area contributed by atoms with Crippen LogP contribution in [0.4, 0.5) is 11.4 Å². The quantitative estimate of drug-likeness (QED) is 0.132. The van der Waals surface area contributed by atoms with Crippen molar-refractivity contribution in [2.75, 3.05) is 30.1 Å². The van der Waals surface area contributed by atoms with Gasteiger partial charge in [-0.15, -0.1) is 11.8 Å². The number of allylic oxidation sites excluding steroid dienone is 3. The summed E-state index contributed by atoms with van der Waals surface area (Å²) in [5.41, 5.74) is 4.67. The molecule has 0 saturated carbocycles. The number of amides is 1. The average molecular weight is 702 g/mol. The topological polar surface area (TPSA) is 117 Å². The molecular formula is C38H47N5O4S2. The standard InChI is InChI=1S/C36H41N5O4S2.C2H6/c1-25(2)20-21-41(3)32-19-18-26(23-31(32)37-24-29-12-9-10-17-33(29)46-4)34-38-36(45-39-34)28-14-11-13-27(22-28)35(42)40-47(43,44)30-15-7-5-6-8-16-30;1-2/h7,9-19,22-23,25,37H,5-6,8,20-21,24H2,1-4H3,(H,40,42);1-2H3. The maximum Gasteiger partial charge on any atom is 0.265 e. The van der Waals surface area contributed by atoms with Crippen LogP contribution in [0, 0.1) is 5.92 Å². The molecule has 49 heavy (non-hydrogen) atoms. The molecule has 9 nitrogen and oxygen atoms in total. The lowest BCUT2D eigenvalue weighted by molar-refractivity contribution is 0.0981. The van der Waals surface area contributed by atoms with Crippen LogP contribution in [0.25, 0.3) is 22.8 Å². The molecule has 1 aliphatic carbocycles. The first-order valence-corrected chi connectivity index (χ1v) is 19.4. The molecule has 0 spiro atoms. The fourth-order valence-corrected chi connectivity index (χ4v) is 6.91. The Bertz CT molecular complexity index is 1880. The summed E-state index contributed by atoms with van der Waals surface area (Å²) in [6.07, 6.45) is 10.4. The Kier molecular flexibility index (Phi) is 13.7. The number of sulfonamides is 1. The molecule has 3 aromatic carbocycles. The molecule has 5 rings (SSSR count). The van der Waals surface area contributed by atoms with Gasteiger partial charge in [-0.05, 0) is 92.0 Å². The molecule has 260 valence electrons. The highest BCUT2D eigenvalue weighted by atomic mass is 32.2.